The first-order valence-corrected chi connectivity index (χ1v) is 11.4. The van der Waals surface area contributed by atoms with Gasteiger partial charge in [-0.05, 0) is 50.0 Å². The van der Waals surface area contributed by atoms with Gasteiger partial charge >= 0.3 is 0 Å². The fourth-order valence-electron chi connectivity index (χ4n) is 4.99. The van der Waals surface area contributed by atoms with E-state index in [0.717, 1.165) is 30.6 Å². The lowest BCUT2D eigenvalue weighted by atomic mass is 9.80. The van der Waals surface area contributed by atoms with Crippen molar-refractivity contribution in [2.24, 2.45) is 18.9 Å². The number of hydrogen-bond donors (Lipinski definition) is 2. The zero-order valence-electron chi connectivity index (χ0n) is 18.2. The summed E-state index contributed by atoms with van der Waals surface area (Å²) in [5.74, 6) is 0.551. The van der Waals surface area contributed by atoms with Crippen LogP contribution < -0.4 is 10.6 Å². The summed E-state index contributed by atoms with van der Waals surface area (Å²) in [5.41, 5.74) is 2.29. The average molecular weight is 449 g/mol. The van der Waals surface area contributed by atoms with E-state index in [1.54, 1.807) is 10.9 Å². The third-order valence-corrected chi connectivity index (χ3v) is 6.90. The molecule has 2 N–H and O–H groups in total. The molecule has 9 heteroatoms. The molecule has 4 atom stereocenters. The van der Waals surface area contributed by atoms with Crippen molar-refractivity contribution in [2.75, 3.05) is 13.1 Å². The lowest BCUT2D eigenvalue weighted by molar-refractivity contribution is 0.0878. The Morgan fingerprint density at radius 1 is 1.32 bits per heavy atom. The highest BCUT2D eigenvalue weighted by Crippen LogP contribution is 2.37. The molecule has 1 saturated heterocycles. The van der Waals surface area contributed by atoms with Crippen molar-refractivity contribution in [2.45, 2.75) is 57.7 Å². The lowest BCUT2D eigenvalue weighted by Gasteiger charge is -2.36. The Hall–Kier alpha value is -2.06. The van der Waals surface area contributed by atoms with Crippen LogP contribution in [0.15, 0.2) is 12.4 Å². The molecule has 168 valence electrons. The number of carbonyl (C=O) groups is 1. The third kappa shape index (κ3) is 4.60. The van der Waals surface area contributed by atoms with Gasteiger partial charge < -0.3 is 10.6 Å². The Bertz CT molecular complexity index is 948. The number of halogens is 2. The highest BCUT2D eigenvalue weighted by molar-refractivity contribution is 6.32. The molecule has 1 aliphatic heterocycles. The number of aromatic nitrogens is 4. The molecule has 2 aromatic heterocycles. The minimum Gasteiger partial charge on any atom is -0.345 e. The van der Waals surface area contributed by atoms with Crippen LogP contribution in [0.4, 0.5) is 4.39 Å². The molecular weight excluding hydrogens is 419 g/mol. The van der Waals surface area contributed by atoms with Gasteiger partial charge in [0.2, 0.25) is 5.82 Å². The number of alkyl halides is 1. The fourth-order valence-corrected chi connectivity index (χ4v) is 5.17. The van der Waals surface area contributed by atoms with Gasteiger partial charge in [-0.2, -0.15) is 5.10 Å². The lowest BCUT2D eigenvalue weighted by Crippen LogP contribution is -2.53. The molecule has 1 saturated carbocycles. The van der Waals surface area contributed by atoms with Gasteiger partial charge in [0, 0.05) is 25.2 Å². The van der Waals surface area contributed by atoms with Crippen molar-refractivity contribution in [1.29, 1.82) is 0 Å². The summed E-state index contributed by atoms with van der Waals surface area (Å²) in [4.78, 5) is 21.8. The molecule has 1 aliphatic carbocycles. The van der Waals surface area contributed by atoms with E-state index < -0.39 is 6.17 Å². The van der Waals surface area contributed by atoms with E-state index in [-0.39, 0.29) is 29.6 Å². The first kappa shape index (κ1) is 22.1. The minimum atomic E-state index is -0.715. The van der Waals surface area contributed by atoms with Crippen LogP contribution in [0, 0.1) is 11.8 Å². The predicted octanol–water partition coefficient (Wildman–Crippen LogP) is 3.50. The molecule has 7 nitrogen and oxygen atoms in total. The summed E-state index contributed by atoms with van der Waals surface area (Å²) in [5, 5.41) is 11.2. The summed E-state index contributed by atoms with van der Waals surface area (Å²) in [6.45, 7) is 5.71. The molecule has 2 aliphatic rings. The molecule has 0 bridgehead atoms. The van der Waals surface area contributed by atoms with E-state index in [1.807, 2.05) is 7.05 Å². The summed E-state index contributed by atoms with van der Waals surface area (Å²) in [6.07, 6.45) is 5.60. The van der Waals surface area contributed by atoms with Crippen LogP contribution in [-0.4, -0.2) is 51.0 Å². The zero-order chi connectivity index (χ0) is 22.1. The Morgan fingerprint density at radius 2 is 2.13 bits per heavy atom. The Balaban J connectivity index is 1.57. The summed E-state index contributed by atoms with van der Waals surface area (Å²) in [7, 11) is 1.83. The molecule has 0 aromatic carbocycles. The van der Waals surface area contributed by atoms with E-state index >= 15 is 0 Å². The number of aryl methyl sites for hydroxylation is 1. The number of carbonyl (C=O) groups excluding carboxylic acids is 1. The number of rotatable bonds is 5. The maximum Gasteiger partial charge on any atom is 0.289 e. The van der Waals surface area contributed by atoms with Crippen LogP contribution >= 0.6 is 11.6 Å². The predicted molar refractivity (Wildman–Crippen MR) is 118 cm³/mol. The fraction of sp³-hybridized carbons (Fsp3) is 0.636. The van der Waals surface area contributed by atoms with E-state index in [1.165, 1.54) is 6.20 Å². The molecular formula is C22H30ClFN6O. The maximum absolute atomic E-state index is 13.8. The van der Waals surface area contributed by atoms with Crippen molar-refractivity contribution >= 4 is 17.5 Å². The van der Waals surface area contributed by atoms with E-state index in [4.69, 9.17) is 11.6 Å². The Morgan fingerprint density at radius 3 is 2.84 bits per heavy atom. The second-order valence-corrected chi connectivity index (χ2v) is 9.43. The van der Waals surface area contributed by atoms with Crippen LogP contribution in [0.25, 0.3) is 11.4 Å². The van der Waals surface area contributed by atoms with Crippen LogP contribution in [-0.2, 0) is 7.05 Å². The van der Waals surface area contributed by atoms with Gasteiger partial charge in [-0.3, -0.25) is 9.48 Å². The van der Waals surface area contributed by atoms with Gasteiger partial charge in [-0.25, -0.2) is 14.4 Å². The molecule has 2 aromatic rings. The van der Waals surface area contributed by atoms with Crippen LogP contribution in [0.5, 0.6) is 0 Å². The number of nitrogens with one attached hydrogen (secondary N) is 2. The number of amides is 1. The summed E-state index contributed by atoms with van der Waals surface area (Å²) < 4.78 is 15.5. The average Bonchev–Trinajstić information content (AvgIpc) is 3.34. The quantitative estimate of drug-likeness (QED) is 0.731. The molecule has 31 heavy (non-hydrogen) atoms. The molecule has 0 radical (unpaired) electrons. The summed E-state index contributed by atoms with van der Waals surface area (Å²) in [6, 6.07) is -0.0674. The Labute approximate surface area is 187 Å². The van der Waals surface area contributed by atoms with Gasteiger partial charge in [-0.15, -0.1) is 0 Å². The molecule has 2 fully saturated rings. The van der Waals surface area contributed by atoms with Crippen LogP contribution in [0.3, 0.4) is 0 Å². The van der Waals surface area contributed by atoms with Gasteiger partial charge in [0.15, 0.2) is 0 Å². The van der Waals surface area contributed by atoms with Crippen molar-refractivity contribution in [1.82, 2.24) is 30.4 Å². The number of hydrogen-bond acceptors (Lipinski definition) is 5. The topological polar surface area (TPSA) is 84.7 Å². The van der Waals surface area contributed by atoms with Gasteiger partial charge in [0.25, 0.3) is 5.91 Å². The highest BCUT2D eigenvalue weighted by atomic mass is 35.5. The van der Waals surface area contributed by atoms with Gasteiger partial charge in [0.1, 0.15) is 11.9 Å². The van der Waals surface area contributed by atoms with Gasteiger partial charge in [-0.1, -0.05) is 25.4 Å². The highest BCUT2D eigenvalue weighted by Gasteiger charge is 2.37. The SMILES string of the molecule is CC(C)c1cnn(C)c1-c1nc(C(=O)N[C@H]2CNCC[C@@H]2C2CCC(F)C2)ncc1Cl. The number of piperidine rings is 1. The monoisotopic (exact) mass is 448 g/mol. The third-order valence-electron chi connectivity index (χ3n) is 6.63. The zero-order valence-corrected chi connectivity index (χ0v) is 19.0. The largest absolute Gasteiger partial charge is 0.345 e. The van der Waals surface area contributed by atoms with Crippen molar-refractivity contribution in [3.63, 3.8) is 0 Å². The minimum absolute atomic E-state index is 0.0674. The number of nitrogens with zero attached hydrogens (tertiary/aromatic N) is 4. The first-order chi connectivity index (χ1) is 14.8. The molecule has 1 amide bonds. The first-order valence-electron chi connectivity index (χ1n) is 11.1. The Kier molecular flexibility index (Phi) is 6.57. The van der Waals surface area contributed by atoms with Crippen LogP contribution in [0.1, 0.15) is 61.6 Å². The van der Waals surface area contributed by atoms with E-state index in [9.17, 15) is 9.18 Å². The summed E-state index contributed by atoms with van der Waals surface area (Å²) >= 11 is 6.41. The molecule has 2 unspecified atom stereocenters. The smallest absolute Gasteiger partial charge is 0.289 e. The van der Waals surface area contributed by atoms with Crippen molar-refractivity contribution < 1.29 is 9.18 Å². The second-order valence-electron chi connectivity index (χ2n) is 9.02. The van der Waals surface area contributed by atoms with Gasteiger partial charge in [0.05, 0.1) is 23.1 Å². The van der Waals surface area contributed by atoms with Crippen molar-refractivity contribution in [3.05, 3.63) is 28.8 Å². The molecule has 4 rings (SSSR count). The second kappa shape index (κ2) is 9.20. The molecule has 3 heterocycles. The van der Waals surface area contributed by atoms with Crippen molar-refractivity contribution in [3.8, 4) is 11.4 Å². The maximum atomic E-state index is 13.8. The standard InChI is InChI=1S/C22H30ClFN6O/c1-12(2)16-9-27-30(3)20(16)19-17(23)10-26-21(29-19)22(31)28-18-11-25-7-6-15(18)13-4-5-14(24)8-13/h9-10,12-15,18,25H,4-8,11H2,1-3H3,(H,28,31)/t13?,14?,15-,18+/m1/s1. The van der Waals surface area contributed by atoms with Crippen LogP contribution in [0.2, 0.25) is 5.02 Å². The normalized spacial score (nSPS) is 26.4. The van der Waals surface area contributed by atoms with E-state index in [2.05, 4.69) is 39.5 Å². The molecule has 0 spiro atoms. The van der Waals surface area contributed by atoms with E-state index in [0.29, 0.717) is 36.0 Å².